The van der Waals surface area contributed by atoms with Gasteiger partial charge in [-0.05, 0) is 37.8 Å². The molecule has 0 aromatic heterocycles. The summed E-state index contributed by atoms with van der Waals surface area (Å²) in [6, 6.07) is 9.58. The number of benzene rings is 1. The molecule has 6 nitrogen and oxygen atoms in total. The van der Waals surface area contributed by atoms with E-state index in [-0.39, 0.29) is 35.8 Å². The van der Waals surface area contributed by atoms with Crippen molar-refractivity contribution in [2.24, 2.45) is 5.92 Å². The van der Waals surface area contributed by atoms with Crippen molar-refractivity contribution in [3.05, 3.63) is 30.3 Å². The first-order valence-corrected chi connectivity index (χ1v) is 11.9. The van der Waals surface area contributed by atoms with Gasteiger partial charge in [-0.1, -0.05) is 51.3 Å². The third-order valence-corrected chi connectivity index (χ3v) is 5.57. The average Bonchev–Trinajstić information content (AvgIpc) is 2.79. The van der Waals surface area contributed by atoms with Crippen LogP contribution in [-0.2, 0) is 19.2 Å². The summed E-state index contributed by atoms with van der Waals surface area (Å²) in [6.45, 7) is 3.89. The van der Waals surface area contributed by atoms with Gasteiger partial charge in [-0.2, -0.15) is 0 Å². The predicted octanol–water partition coefficient (Wildman–Crippen LogP) is 4.85. The largest absolute Gasteiger partial charge is 0.349 e. The van der Waals surface area contributed by atoms with Gasteiger partial charge >= 0.3 is 0 Å². The fraction of sp³-hybridized carbons (Fsp3) is 0.615. The zero-order valence-electron chi connectivity index (χ0n) is 20.0. The maximum Gasteiger partial charge on any atom is 0.226 e. The first-order chi connectivity index (χ1) is 15.3. The minimum Gasteiger partial charge on any atom is -0.349 e. The Hall–Kier alpha value is -2.50. The molecule has 1 rings (SSSR count). The Balaban J connectivity index is 2.00. The summed E-state index contributed by atoms with van der Waals surface area (Å²) in [5, 5.41) is 2.69. The minimum atomic E-state index is -0.102. The second-order valence-corrected chi connectivity index (χ2v) is 8.70. The highest BCUT2D eigenvalue weighted by molar-refractivity contribution is 5.92. The highest BCUT2D eigenvalue weighted by atomic mass is 16.2. The molecular weight excluding hydrogens is 404 g/mol. The summed E-state index contributed by atoms with van der Waals surface area (Å²) >= 11 is 0. The van der Waals surface area contributed by atoms with E-state index in [0.29, 0.717) is 25.7 Å². The van der Waals surface area contributed by atoms with Crippen LogP contribution in [0.5, 0.6) is 0 Å². The van der Waals surface area contributed by atoms with Crippen LogP contribution in [0.3, 0.4) is 0 Å². The van der Waals surface area contributed by atoms with Gasteiger partial charge in [0.25, 0.3) is 0 Å². The molecule has 2 amide bonds. The van der Waals surface area contributed by atoms with E-state index in [4.69, 9.17) is 0 Å². The number of unbranched alkanes of at least 4 members (excludes halogenated alkanes) is 5. The molecule has 0 radical (unpaired) electrons. The Kier molecular flexibility index (Phi) is 13.9. The summed E-state index contributed by atoms with van der Waals surface area (Å²) in [6.07, 6.45) is 7.74. The normalized spacial score (nSPS) is 10.8. The SMILES string of the molecule is CC(C)C(=O)CCCCCC(=O)NCC(=O)CCCCCCC(=O)N(C)c1ccccc1. The zero-order valence-corrected chi connectivity index (χ0v) is 20.0. The third-order valence-electron chi connectivity index (χ3n) is 5.57. The molecule has 32 heavy (non-hydrogen) atoms. The third kappa shape index (κ3) is 12.4. The van der Waals surface area contributed by atoms with Gasteiger partial charge in [0.05, 0.1) is 6.54 Å². The molecular formula is C26H40N2O4. The average molecular weight is 445 g/mol. The van der Waals surface area contributed by atoms with E-state index in [0.717, 1.165) is 50.6 Å². The summed E-state index contributed by atoms with van der Waals surface area (Å²) in [4.78, 5) is 49.2. The number of amides is 2. The molecule has 0 heterocycles. The first-order valence-electron chi connectivity index (χ1n) is 11.9. The number of anilines is 1. The van der Waals surface area contributed by atoms with Crippen LogP contribution < -0.4 is 10.2 Å². The van der Waals surface area contributed by atoms with Crippen molar-refractivity contribution in [2.75, 3.05) is 18.5 Å². The maximum atomic E-state index is 12.2. The van der Waals surface area contributed by atoms with E-state index < -0.39 is 0 Å². The molecule has 0 bridgehead atoms. The van der Waals surface area contributed by atoms with Crippen LogP contribution in [0.1, 0.15) is 84.5 Å². The van der Waals surface area contributed by atoms with Crippen LogP contribution in [0.15, 0.2) is 30.3 Å². The minimum absolute atomic E-state index is 0.0424. The van der Waals surface area contributed by atoms with Gasteiger partial charge < -0.3 is 10.2 Å². The van der Waals surface area contributed by atoms with Crippen LogP contribution in [-0.4, -0.2) is 37.0 Å². The molecule has 0 fully saturated rings. The molecule has 0 aliphatic rings. The Bertz CT molecular complexity index is 716. The van der Waals surface area contributed by atoms with Crippen LogP contribution in [0, 0.1) is 5.92 Å². The van der Waals surface area contributed by atoms with Crippen LogP contribution in [0.2, 0.25) is 0 Å². The van der Waals surface area contributed by atoms with Crippen LogP contribution in [0.4, 0.5) is 5.69 Å². The molecule has 0 saturated heterocycles. The highest BCUT2D eigenvalue weighted by Crippen LogP contribution is 2.14. The second kappa shape index (κ2) is 16.2. The van der Waals surface area contributed by atoms with Gasteiger partial charge in [-0.25, -0.2) is 0 Å². The van der Waals surface area contributed by atoms with Crippen LogP contribution >= 0.6 is 0 Å². The number of carbonyl (C=O) groups is 4. The van der Waals surface area contributed by atoms with Crippen LogP contribution in [0.25, 0.3) is 0 Å². The van der Waals surface area contributed by atoms with Gasteiger partial charge in [0.2, 0.25) is 11.8 Å². The number of ketones is 2. The van der Waals surface area contributed by atoms with Gasteiger partial charge in [0.15, 0.2) is 5.78 Å². The van der Waals surface area contributed by atoms with E-state index in [1.54, 1.807) is 11.9 Å². The van der Waals surface area contributed by atoms with Crippen molar-refractivity contribution in [2.45, 2.75) is 84.5 Å². The number of rotatable bonds is 17. The molecule has 1 aromatic rings. The molecule has 0 aliphatic carbocycles. The summed E-state index contributed by atoms with van der Waals surface area (Å²) in [5.74, 6) is 0.385. The molecule has 0 spiro atoms. The lowest BCUT2D eigenvalue weighted by molar-refractivity contribution is -0.125. The predicted molar refractivity (Wildman–Crippen MR) is 129 cm³/mol. The first kappa shape index (κ1) is 27.5. The standard InChI is InChI=1S/C26H40N2O4/c1-21(2)24(30)17-11-7-12-18-25(31)27-20-23(29)16-10-4-5-13-19-26(32)28(3)22-14-8-6-9-15-22/h6,8-9,14-15,21H,4-5,7,10-13,16-20H2,1-3H3,(H,27,31). The van der Waals surface area contributed by atoms with Crippen molar-refractivity contribution in [3.63, 3.8) is 0 Å². The Morgan fingerprint density at radius 3 is 2.00 bits per heavy atom. The van der Waals surface area contributed by atoms with Crippen molar-refractivity contribution in [1.29, 1.82) is 0 Å². The number of Topliss-reactive ketones (excluding diaryl/α,β-unsaturated/α-hetero) is 2. The lowest BCUT2D eigenvalue weighted by atomic mass is 10.0. The topological polar surface area (TPSA) is 83.5 Å². The molecule has 1 aromatic carbocycles. The monoisotopic (exact) mass is 444 g/mol. The quantitative estimate of drug-likeness (QED) is 0.348. The van der Waals surface area contributed by atoms with Gasteiger partial charge in [0, 0.05) is 44.3 Å². The Morgan fingerprint density at radius 1 is 0.781 bits per heavy atom. The van der Waals surface area contributed by atoms with Crippen molar-refractivity contribution < 1.29 is 19.2 Å². The lowest BCUT2D eigenvalue weighted by Crippen LogP contribution is -2.29. The smallest absolute Gasteiger partial charge is 0.226 e. The second-order valence-electron chi connectivity index (χ2n) is 8.70. The number of hydrogen-bond acceptors (Lipinski definition) is 4. The number of nitrogens with zero attached hydrogens (tertiary/aromatic N) is 1. The van der Waals surface area contributed by atoms with E-state index in [1.807, 2.05) is 44.2 Å². The Labute approximate surface area is 193 Å². The summed E-state index contributed by atoms with van der Waals surface area (Å²) in [7, 11) is 1.79. The zero-order chi connectivity index (χ0) is 23.8. The number of para-hydroxylation sites is 1. The molecule has 0 aliphatic heterocycles. The molecule has 1 N–H and O–H groups in total. The Morgan fingerprint density at radius 2 is 1.34 bits per heavy atom. The molecule has 0 atom stereocenters. The maximum absolute atomic E-state index is 12.2. The number of nitrogens with one attached hydrogen (secondary N) is 1. The number of hydrogen-bond donors (Lipinski definition) is 1. The lowest BCUT2D eigenvalue weighted by Gasteiger charge is -2.17. The van der Waals surface area contributed by atoms with Crippen molar-refractivity contribution in [3.8, 4) is 0 Å². The number of carbonyl (C=O) groups excluding carboxylic acids is 4. The molecule has 6 heteroatoms. The molecule has 0 unspecified atom stereocenters. The van der Waals surface area contributed by atoms with Crippen molar-refractivity contribution >= 4 is 29.1 Å². The fourth-order valence-corrected chi connectivity index (χ4v) is 3.34. The fourth-order valence-electron chi connectivity index (χ4n) is 3.34. The molecule has 178 valence electrons. The van der Waals surface area contributed by atoms with E-state index in [1.165, 1.54) is 0 Å². The van der Waals surface area contributed by atoms with Gasteiger partial charge in [-0.3, -0.25) is 19.2 Å². The highest BCUT2D eigenvalue weighted by Gasteiger charge is 2.10. The summed E-state index contributed by atoms with van der Waals surface area (Å²) in [5.41, 5.74) is 0.895. The van der Waals surface area contributed by atoms with E-state index in [2.05, 4.69) is 5.32 Å². The van der Waals surface area contributed by atoms with E-state index >= 15 is 0 Å². The van der Waals surface area contributed by atoms with Crippen molar-refractivity contribution in [1.82, 2.24) is 5.32 Å². The van der Waals surface area contributed by atoms with E-state index in [9.17, 15) is 19.2 Å². The summed E-state index contributed by atoms with van der Waals surface area (Å²) < 4.78 is 0. The van der Waals surface area contributed by atoms with Gasteiger partial charge in [0.1, 0.15) is 5.78 Å². The molecule has 0 saturated carbocycles. The van der Waals surface area contributed by atoms with Gasteiger partial charge in [-0.15, -0.1) is 0 Å².